The van der Waals surface area contributed by atoms with E-state index in [9.17, 15) is 14.4 Å². The molecule has 0 saturated carbocycles. The van der Waals surface area contributed by atoms with Crippen molar-refractivity contribution in [1.82, 2.24) is 0 Å². The molecule has 1 N–H and O–H groups in total. The lowest BCUT2D eigenvalue weighted by atomic mass is 9.94. The van der Waals surface area contributed by atoms with Gasteiger partial charge in [-0.05, 0) is 79.2 Å². The van der Waals surface area contributed by atoms with E-state index in [0.717, 1.165) is 54.2 Å². The number of fused-ring (bicyclic) bond motifs is 4. The number of ether oxygens (including phenoxy) is 2. The van der Waals surface area contributed by atoms with Gasteiger partial charge in [0.1, 0.15) is 0 Å². The van der Waals surface area contributed by atoms with Crippen molar-refractivity contribution in [1.29, 1.82) is 5.41 Å². The lowest BCUT2D eigenvalue weighted by Gasteiger charge is -2.12. The van der Waals surface area contributed by atoms with Gasteiger partial charge in [-0.2, -0.15) is 0 Å². The molecular weight excluding hydrogens is 550 g/mol. The number of hydrogen-bond acceptors (Lipinski definition) is 6. The lowest BCUT2D eigenvalue weighted by molar-refractivity contribution is -0.159. The lowest BCUT2D eigenvalue weighted by Crippen LogP contribution is -2.17. The van der Waals surface area contributed by atoms with Gasteiger partial charge in [-0.25, -0.2) is 0 Å². The average molecular weight is 582 g/mol. The van der Waals surface area contributed by atoms with Crippen LogP contribution in [0.5, 0.6) is 0 Å². The maximum atomic E-state index is 12.6. The van der Waals surface area contributed by atoms with Gasteiger partial charge in [-0.15, -0.1) is 0 Å². The van der Waals surface area contributed by atoms with Gasteiger partial charge in [-0.3, -0.25) is 19.8 Å². The smallest absolute Gasteiger partial charge is 0.313 e. The van der Waals surface area contributed by atoms with Crippen molar-refractivity contribution < 1.29 is 23.9 Å². The summed E-state index contributed by atoms with van der Waals surface area (Å²) in [4.78, 5) is 37.5. The van der Waals surface area contributed by atoms with E-state index in [4.69, 9.17) is 14.9 Å². The molecule has 0 saturated heterocycles. The molecule has 6 heteroatoms. The second kappa shape index (κ2) is 12.9. The van der Waals surface area contributed by atoms with Crippen LogP contribution >= 0.6 is 0 Å². The average Bonchev–Trinajstić information content (AvgIpc) is 3.04. The summed E-state index contributed by atoms with van der Waals surface area (Å²) in [6.45, 7) is 0. The molecule has 0 unspecified atom stereocenters. The zero-order valence-electron chi connectivity index (χ0n) is 24.2. The van der Waals surface area contributed by atoms with Gasteiger partial charge in [-0.1, -0.05) is 97.1 Å². The normalized spacial score (nSPS) is 11.2. The number of rotatable bonds is 9. The summed E-state index contributed by atoms with van der Waals surface area (Å²) < 4.78 is 10.2. The van der Waals surface area contributed by atoms with Crippen LogP contribution in [0.25, 0.3) is 43.1 Å². The van der Waals surface area contributed by atoms with Crippen molar-refractivity contribution in [3.63, 3.8) is 0 Å². The Labute approximate surface area is 254 Å². The van der Waals surface area contributed by atoms with Crippen molar-refractivity contribution in [3.05, 3.63) is 120 Å². The van der Waals surface area contributed by atoms with Crippen LogP contribution < -0.4 is 0 Å². The van der Waals surface area contributed by atoms with Crippen LogP contribution in [-0.4, -0.2) is 23.8 Å². The standard InChI is InChI=1S/C38H31NO5/c39-35(43-36(40)20-17-33-29-13-5-1-9-25(29)23-26-10-2-6-14-30(26)33)19-22-38(42)44-37(41)21-18-34-31-15-7-3-11-27(31)24-28-12-4-8-16-32(28)34/h1-16,23-24,39H,17-22H2. The Hall–Kier alpha value is -5.36. The molecule has 0 atom stereocenters. The number of hydrogen-bond donors (Lipinski definition) is 1. The van der Waals surface area contributed by atoms with Crippen LogP contribution in [0.1, 0.15) is 36.8 Å². The van der Waals surface area contributed by atoms with Crippen molar-refractivity contribution in [3.8, 4) is 0 Å². The molecule has 0 aliphatic heterocycles. The first-order chi connectivity index (χ1) is 21.5. The van der Waals surface area contributed by atoms with Gasteiger partial charge in [0, 0.05) is 6.42 Å². The van der Waals surface area contributed by atoms with Gasteiger partial charge in [0.25, 0.3) is 0 Å². The highest BCUT2D eigenvalue weighted by molar-refractivity contribution is 6.04. The Morgan fingerprint density at radius 2 is 0.795 bits per heavy atom. The number of nitrogens with one attached hydrogen (secondary N) is 1. The number of aryl methyl sites for hydroxylation is 2. The quantitative estimate of drug-likeness (QED) is 0.0610. The fourth-order valence-electron chi connectivity index (χ4n) is 5.89. The number of esters is 3. The summed E-state index contributed by atoms with van der Waals surface area (Å²) in [6, 6.07) is 36.4. The van der Waals surface area contributed by atoms with E-state index in [1.54, 1.807) is 0 Å². The Morgan fingerprint density at radius 1 is 0.455 bits per heavy atom. The van der Waals surface area contributed by atoms with Gasteiger partial charge in [0.15, 0.2) is 5.90 Å². The van der Waals surface area contributed by atoms with Crippen LogP contribution in [0.15, 0.2) is 109 Å². The Bertz CT molecular complexity index is 1810. The summed E-state index contributed by atoms with van der Waals surface area (Å²) in [5.74, 6) is -2.25. The molecule has 0 aliphatic rings. The van der Waals surface area contributed by atoms with Gasteiger partial charge in [0.2, 0.25) is 0 Å². The summed E-state index contributed by atoms with van der Waals surface area (Å²) in [6.07, 6.45) is 0.640. The van der Waals surface area contributed by atoms with Crippen LogP contribution in [0, 0.1) is 5.41 Å². The molecule has 0 fully saturated rings. The van der Waals surface area contributed by atoms with Crippen molar-refractivity contribution in [2.45, 2.75) is 38.5 Å². The van der Waals surface area contributed by atoms with Crippen LogP contribution in [0.2, 0.25) is 0 Å². The molecule has 6 aromatic carbocycles. The molecule has 0 amide bonds. The minimum absolute atomic E-state index is 0.0407. The molecule has 0 bridgehead atoms. The van der Waals surface area contributed by atoms with E-state index in [2.05, 4.69) is 24.3 Å². The minimum Gasteiger partial charge on any atom is -0.412 e. The minimum atomic E-state index is -0.749. The molecule has 6 aromatic rings. The SMILES string of the molecule is N=C(CCC(=O)OC(=O)CCc1c2ccccc2cc2ccccc12)OC(=O)CCc1c2ccccc2cc2ccccc12. The van der Waals surface area contributed by atoms with E-state index < -0.39 is 17.9 Å². The third-order valence-electron chi connectivity index (χ3n) is 7.94. The molecule has 44 heavy (non-hydrogen) atoms. The van der Waals surface area contributed by atoms with E-state index >= 15 is 0 Å². The van der Waals surface area contributed by atoms with E-state index in [1.165, 1.54) is 0 Å². The molecule has 0 aliphatic carbocycles. The molecule has 0 heterocycles. The molecule has 6 rings (SSSR count). The molecule has 0 radical (unpaired) electrons. The van der Waals surface area contributed by atoms with Crippen LogP contribution in [0.4, 0.5) is 0 Å². The van der Waals surface area contributed by atoms with Crippen LogP contribution in [-0.2, 0) is 36.7 Å². The Kier molecular flexibility index (Phi) is 8.41. The maximum Gasteiger partial charge on any atom is 0.313 e. The zero-order chi connectivity index (χ0) is 30.5. The fraction of sp³-hybridized carbons (Fsp3) is 0.158. The summed E-state index contributed by atoms with van der Waals surface area (Å²) in [5, 5.41) is 16.7. The fourth-order valence-corrected chi connectivity index (χ4v) is 5.89. The topological polar surface area (TPSA) is 93.5 Å². The van der Waals surface area contributed by atoms with Crippen LogP contribution in [0.3, 0.4) is 0 Å². The van der Waals surface area contributed by atoms with Crippen molar-refractivity contribution >= 4 is 66.9 Å². The van der Waals surface area contributed by atoms with Gasteiger partial charge in [0.05, 0.1) is 19.3 Å². The molecule has 0 aromatic heterocycles. The monoisotopic (exact) mass is 581 g/mol. The first-order valence-corrected chi connectivity index (χ1v) is 14.8. The second-order valence-electron chi connectivity index (χ2n) is 10.8. The van der Waals surface area contributed by atoms with E-state index in [-0.39, 0.29) is 31.6 Å². The third-order valence-corrected chi connectivity index (χ3v) is 7.94. The second-order valence-corrected chi connectivity index (χ2v) is 10.8. The Morgan fingerprint density at radius 3 is 1.20 bits per heavy atom. The zero-order valence-corrected chi connectivity index (χ0v) is 24.2. The first-order valence-electron chi connectivity index (χ1n) is 14.8. The number of benzene rings is 6. The highest BCUT2D eigenvalue weighted by atomic mass is 16.6. The first kappa shape index (κ1) is 28.7. The molecule has 0 spiro atoms. The highest BCUT2D eigenvalue weighted by Gasteiger charge is 2.17. The van der Waals surface area contributed by atoms with Crippen molar-refractivity contribution in [2.24, 2.45) is 0 Å². The molecular formula is C38H31NO5. The highest BCUT2D eigenvalue weighted by Crippen LogP contribution is 2.31. The largest absolute Gasteiger partial charge is 0.412 e. The predicted molar refractivity (Wildman–Crippen MR) is 174 cm³/mol. The van der Waals surface area contributed by atoms with Crippen molar-refractivity contribution in [2.75, 3.05) is 0 Å². The molecule has 218 valence electrons. The van der Waals surface area contributed by atoms with E-state index in [1.807, 2.05) is 84.9 Å². The number of carbonyl (C=O) groups excluding carboxylic acids is 3. The van der Waals surface area contributed by atoms with E-state index in [0.29, 0.717) is 12.8 Å². The summed E-state index contributed by atoms with van der Waals surface area (Å²) in [7, 11) is 0. The molecule has 6 nitrogen and oxygen atoms in total. The Balaban J connectivity index is 0.997. The van der Waals surface area contributed by atoms with Gasteiger partial charge >= 0.3 is 17.9 Å². The summed E-state index contributed by atoms with van der Waals surface area (Å²) in [5.41, 5.74) is 2.09. The summed E-state index contributed by atoms with van der Waals surface area (Å²) >= 11 is 0. The predicted octanol–water partition coefficient (Wildman–Crippen LogP) is 8.24. The number of carbonyl (C=O) groups is 3. The third kappa shape index (κ3) is 6.35. The maximum absolute atomic E-state index is 12.6. The van der Waals surface area contributed by atoms with Gasteiger partial charge < -0.3 is 9.47 Å².